The summed E-state index contributed by atoms with van der Waals surface area (Å²) in [4.78, 5) is 16.5. The number of hydrogen-bond acceptors (Lipinski definition) is 4. The topological polar surface area (TPSA) is 69.0 Å². The minimum Gasteiger partial charge on any atom is -0.368 e. The number of ether oxygens (including phenoxy) is 1. The predicted octanol–water partition coefficient (Wildman–Crippen LogP) is 2.78. The van der Waals surface area contributed by atoms with E-state index in [-0.39, 0.29) is 18.6 Å². The zero-order valence-electron chi connectivity index (χ0n) is 13.6. The summed E-state index contributed by atoms with van der Waals surface area (Å²) in [5.74, 6) is 0.458. The minimum absolute atomic E-state index is 0.0795. The molecule has 1 saturated carbocycles. The number of pyridine rings is 1. The largest absolute Gasteiger partial charge is 0.368 e. The molecule has 6 heteroatoms. The van der Waals surface area contributed by atoms with Crippen LogP contribution in [0.5, 0.6) is 0 Å². The number of amides is 1. The molecule has 0 aromatic carbocycles. The van der Waals surface area contributed by atoms with Crippen molar-refractivity contribution in [2.75, 3.05) is 11.9 Å². The van der Waals surface area contributed by atoms with Gasteiger partial charge < -0.3 is 10.1 Å². The lowest BCUT2D eigenvalue weighted by Crippen LogP contribution is -2.23. The number of hydrogen-bond donors (Lipinski definition) is 1. The van der Waals surface area contributed by atoms with Crippen LogP contribution in [0.3, 0.4) is 0 Å². The van der Waals surface area contributed by atoms with Crippen molar-refractivity contribution in [3.8, 4) is 5.82 Å². The van der Waals surface area contributed by atoms with Crippen LogP contribution < -0.4 is 5.32 Å². The van der Waals surface area contributed by atoms with Crippen LogP contribution in [0.25, 0.3) is 5.82 Å². The van der Waals surface area contributed by atoms with Crippen LogP contribution in [0.4, 0.5) is 5.69 Å². The summed E-state index contributed by atoms with van der Waals surface area (Å²) in [7, 11) is 0. The highest BCUT2D eigenvalue weighted by molar-refractivity contribution is 5.93. The number of carbonyl (C=O) groups excluding carboxylic acids is 1. The van der Waals surface area contributed by atoms with Crippen molar-refractivity contribution < 1.29 is 9.53 Å². The third kappa shape index (κ3) is 3.76. The highest BCUT2D eigenvalue weighted by atomic mass is 16.5. The molecule has 23 heavy (non-hydrogen) atoms. The van der Waals surface area contributed by atoms with Crippen molar-refractivity contribution in [1.82, 2.24) is 14.8 Å². The summed E-state index contributed by atoms with van der Waals surface area (Å²) >= 11 is 0. The Morgan fingerprint density at radius 3 is 2.87 bits per heavy atom. The van der Waals surface area contributed by atoms with E-state index < -0.39 is 0 Å². The number of aromatic nitrogens is 3. The van der Waals surface area contributed by atoms with Gasteiger partial charge >= 0.3 is 0 Å². The summed E-state index contributed by atoms with van der Waals surface area (Å²) in [6.07, 6.45) is 6.41. The first-order valence-corrected chi connectivity index (χ1v) is 8.03. The van der Waals surface area contributed by atoms with E-state index in [1.54, 1.807) is 16.9 Å². The van der Waals surface area contributed by atoms with Crippen molar-refractivity contribution >= 4 is 11.6 Å². The SMILES string of the molecule is Cc1cc(C)n(-c2ncccc2NC(=O)COC2CCCC2)n1. The Hall–Kier alpha value is -2.21. The third-order valence-electron chi connectivity index (χ3n) is 4.02. The van der Waals surface area contributed by atoms with Gasteiger partial charge in [-0.3, -0.25) is 4.79 Å². The predicted molar refractivity (Wildman–Crippen MR) is 87.7 cm³/mol. The lowest BCUT2D eigenvalue weighted by Gasteiger charge is -2.13. The van der Waals surface area contributed by atoms with Gasteiger partial charge in [-0.25, -0.2) is 9.67 Å². The van der Waals surface area contributed by atoms with E-state index in [1.165, 1.54) is 12.8 Å². The summed E-state index contributed by atoms with van der Waals surface area (Å²) in [5.41, 5.74) is 2.52. The molecule has 1 amide bonds. The summed E-state index contributed by atoms with van der Waals surface area (Å²) in [5, 5.41) is 7.31. The second-order valence-electron chi connectivity index (χ2n) is 5.98. The second kappa shape index (κ2) is 6.91. The highest BCUT2D eigenvalue weighted by Crippen LogP contribution is 2.21. The fourth-order valence-electron chi connectivity index (χ4n) is 2.94. The molecule has 1 N–H and O–H groups in total. The Kier molecular flexibility index (Phi) is 4.71. The molecule has 2 aromatic heterocycles. The minimum atomic E-state index is -0.160. The van der Waals surface area contributed by atoms with Crippen LogP contribution in [-0.4, -0.2) is 33.4 Å². The number of nitrogens with zero attached hydrogens (tertiary/aromatic N) is 3. The molecule has 0 saturated heterocycles. The van der Waals surface area contributed by atoms with Gasteiger partial charge in [0.05, 0.1) is 17.5 Å². The molecule has 2 aromatic rings. The van der Waals surface area contributed by atoms with Crippen LogP contribution in [0.15, 0.2) is 24.4 Å². The number of aryl methyl sites for hydroxylation is 2. The Labute approximate surface area is 135 Å². The fraction of sp³-hybridized carbons (Fsp3) is 0.471. The lowest BCUT2D eigenvalue weighted by molar-refractivity contribution is -0.122. The van der Waals surface area contributed by atoms with Gasteiger partial charge in [-0.05, 0) is 44.9 Å². The Morgan fingerprint density at radius 2 is 2.17 bits per heavy atom. The molecular formula is C17H22N4O2. The van der Waals surface area contributed by atoms with Crippen LogP contribution in [0.2, 0.25) is 0 Å². The van der Waals surface area contributed by atoms with Crippen LogP contribution in [-0.2, 0) is 9.53 Å². The van der Waals surface area contributed by atoms with Gasteiger partial charge in [0.25, 0.3) is 0 Å². The summed E-state index contributed by atoms with van der Waals surface area (Å²) in [6, 6.07) is 5.60. The molecule has 122 valence electrons. The molecule has 1 aliphatic carbocycles. The Bertz CT molecular complexity index is 690. The first kappa shape index (κ1) is 15.7. The maximum atomic E-state index is 12.1. The van der Waals surface area contributed by atoms with Gasteiger partial charge in [0.15, 0.2) is 5.82 Å². The van der Waals surface area contributed by atoms with Gasteiger partial charge in [0, 0.05) is 11.9 Å². The average molecular weight is 314 g/mol. The normalized spacial score (nSPS) is 15.0. The number of rotatable bonds is 5. The van der Waals surface area contributed by atoms with Crippen LogP contribution in [0.1, 0.15) is 37.1 Å². The average Bonchev–Trinajstić information content (AvgIpc) is 3.15. The van der Waals surface area contributed by atoms with Crippen molar-refractivity contribution in [1.29, 1.82) is 0 Å². The van der Waals surface area contributed by atoms with E-state index in [0.717, 1.165) is 24.2 Å². The van der Waals surface area contributed by atoms with Gasteiger partial charge in [-0.15, -0.1) is 0 Å². The third-order valence-corrected chi connectivity index (χ3v) is 4.02. The van der Waals surface area contributed by atoms with E-state index in [1.807, 2.05) is 26.0 Å². The summed E-state index contributed by atoms with van der Waals surface area (Å²) < 4.78 is 7.39. The first-order valence-electron chi connectivity index (χ1n) is 8.03. The highest BCUT2D eigenvalue weighted by Gasteiger charge is 2.17. The zero-order valence-corrected chi connectivity index (χ0v) is 13.6. The quantitative estimate of drug-likeness (QED) is 0.921. The van der Waals surface area contributed by atoms with Gasteiger partial charge in [0.2, 0.25) is 5.91 Å². The van der Waals surface area contributed by atoms with Crippen molar-refractivity contribution in [2.24, 2.45) is 0 Å². The molecule has 0 spiro atoms. The van der Waals surface area contributed by atoms with Gasteiger partial charge in [0.1, 0.15) is 6.61 Å². The monoisotopic (exact) mass is 314 g/mol. The number of carbonyl (C=O) groups is 1. The number of anilines is 1. The smallest absolute Gasteiger partial charge is 0.250 e. The van der Waals surface area contributed by atoms with Gasteiger partial charge in [-0.2, -0.15) is 5.10 Å². The van der Waals surface area contributed by atoms with Crippen molar-refractivity contribution in [3.63, 3.8) is 0 Å². The molecule has 2 heterocycles. The fourth-order valence-corrected chi connectivity index (χ4v) is 2.94. The Morgan fingerprint density at radius 1 is 1.39 bits per heavy atom. The van der Waals surface area contributed by atoms with E-state index in [9.17, 15) is 4.79 Å². The van der Waals surface area contributed by atoms with E-state index in [0.29, 0.717) is 11.5 Å². The molecule has 0 unspecified atom stereocenters. The molecule has 0 radical (unpaired) electrons. The maximum absolute atomic E-state index is 12.1. The van der Waals surface area contributed by atoms with Crippen LogP contribution in [0, 0.1) is 13.8 Å². The van der Waals surface area contributed by atoms with Crippen molar-refractivity contribution in [3.05, 3.63) is 35.8 Å². The van der Waals surface area contributed by atoms with Gasteiger partial charge in [-0.1, -0.05) is 12.8 Å². The molecule has 1 aliphatic rings. The zero-order chi connectivity index (χ0) is 16.2. The lowest BCUT2D eigenvalue weighted by atomic mass is 10.3. The van der Waals surface area contributed by atoms with Crippen LogP contribution >= 0.6 is 0 Å². The first-order chi connectivity index (χ1) is 11.1. The number of nitrogens with one attached hydrogen (secondary N) is 1. The molecule has 1 fully saturated rings. The summed E-state index contributed by atoms with van der Waals surface area (Å²) in [6.45, 7) is 3.97. The second-order valence-corrected chi connectivity index (χ2v) is 5.98. The molecular weight excluding hydrogens is 292 g/mol. The Balaban J connectivity index is 1.70. The molecule has 0 aliphatic heterocycles. The molecule has 0 bridgehead atoms. The standard InChI is InChI=1S/C17H22N4O2/c1-12-10-13(2)21(20-12)17-15(8-5-9-18-17)19-16(22)11-23-14-6-3-4-7-14/h5,8-10,14H,3-4,6-7,11H2,1-2H3,(H,19,22). The van der Waals surface area contributed by atoms with E-state index >= 15 is 0 Å². The van der Waals surface area contributed by atoms with E-state index in [4.69, 9.17) is 4.74 Å². The van der Waals surface area contributed by atoms with E-state index in [2.05, 4.69) is 15.4 Å². The maximum Gasteiger partial charge on any atom is 0.250 e. The molecule has 3 rings (SSSR count). The molecule has 0 atom stereocenters. The van der Waals surface area contributed by atoms with Crippen molar-refractivity contribution in [2.45, 2.75) is 45.6 Å². The molecule has 6 nitrogen and oxygen atoms in total.